The van der Waals surface area contributed by atoms with E-state index in [0.717, 1.165) is 29.4 Å². The van der Waals surface area contributed by atoms with Gasteiger partial charge in [0.2, 0.25) is 0 Å². The maximum atomic E-state index is 6.02. The number of imidazole rings is 1. The van der Waals surface area contributed by atoms with Crippen molar-refractivity contribution in [2.24, 2.45) is 0 Å². The largest absolute Gasteiger partial charge is 0.497 e. The Bertz CT molecular complexity index is 886. The lowest BCUT2D eigenvalue weighted by molar-refractivity contribution is 0.289. The molecule has 0 spiro atoms. The van der Waals surface area contributed by atoms with Gasteiger partial charge in [-0.1, -0.05) is 76.8 Å². The smallest absolute Gasteiger partial charge is 0.147 e. The summed E-state index contributed by atoms with van der Waals surface area (Å²) in [7, 11) is 1.67. The molecule has 3 aromatic rings. The van der Waals surface area contributed by atoms with Crippen molar-refractivity contribution in [3.8, 4) is 11.5 Å². The molecule has 4 nitrogen and oxygen atoms in total. The number of nitrogens with zero attached hydrogens (tertiary/aromatic N) is 2. The predicted octanol–water partition coefficient (Wildman–Crippen LogP) is 7.54. The van der Waals surface area contributed by atoms with Crippen LogP contribution in [0, 0.1) is 0 Å². The molecular weight excluding hydrogens is 384 g/mol. The molecule has 0 atom stereocenters. The highest BCUT2D eigenvalue weighted by molar-refractivity contribution is 5.75. The number of aryl methyl sites for hydroxylation is 1. The molecule has 0 bridgehead atoms. The summed E-state index contributed by atoms with van der Waals surface area (Å²) in [6.07, 6.45) is 13.5. The number of fused-ring (bicyclic) bond motifs is 1. The first-order valence-electron chi connectivity index (χ1n) is 12.0. The highest BCUT2D eigenvalue weighted by Crippen LogP contribution is 2.21. The van der Waals surface area contributed by atoms with Crippen LogP contribution in [0.3, 0.4) is 0 Å². The number of para-hydroxylation sites is 2. The summed E-state index contributed by atoms with van der Waals surface area (Å²) >= 11 is 0. The summed E-state index contributed by atoms with van der Waals surface area (Å²) in [5, 5.41) is 0. The number of aromatic nitrogens is 2. The number of rotatable bonds is 15. The molecule has 0 fully saturated rings. The van der Waals surface area contributed by atoms with Crippen LogP contribution in [0.1, 0.15) is 77.0 Å². The molecule has 1 heterocycles. The maximum absolute atomic E-state index is 6.02. The van der Waals surface area contributed by atoms with E-state index >= 15 is 0 Å². The van der Waals surface area contributed by atoms with Gasteiger partial charge in [0.1, 0.15) is 23.9 Å². The summed E-state index contributed by atoms with van der Waals surface area (Å²) in [5.41, 5.74) is 2.25. The Balaban J connectivity index is 1.48. The van der Waals surface area contributed by atoms with Crippen molar-refractivity contribution in [2.75, 3.05) is 7.11 Å². The average molecular weight is 423 g/mol. The van der Waals surface area contributed by atoms with E-state index in [0.29, 0.717) is 6.61 Å². The summed E-state index contributed by atoms with van der Waals surface area (Å²) in [6.45, 7) is 3.75. The Kier molecular flexibility index (Phi) is 9.75. The molecule has 0 saturated carbocycles. The Morgan fingerprint density at radius 2 is 1.35 bits per heavy atom. The fourth-order valence-corrected chi connectivity index (χ4v) is 4.06. The van der Waals surface area contributed by atoms with E-state index < -0.39 is 0 Å². The van der Waals surface area contributed by atoms with Crippen molar-refractivity contribution in [3.63, 3.8) is 0 Å². The number of ether oxygens (including phenoxy) is 2. The van der Waals surface area contributed by atoms with Crippen molar-refractivity contribution < 1.29 is 9.47 Å². The van der Waals surface area contributed by atoms with E-state index in [1.54, 1.807) is 7.11 Å². The van der Waals surface area contributed by atoms with Crippen molar-refractivity contribution in [1.29, 1.82) is 0 Å². The third kappa shape index (κ3) is 7.30. The molecule has 0 saturated heterocycles. The van der Waals surface area contributed by atoms with Gasteiger partial charge in [-0.2, -0.15) is 0 Å². The first-order chi connectivity index (χ1) is 15.3. The van der Waals surface area contributed by atoms with Crippen molar-refractivity contribution in [2.45, 2.75) is 84.3 Å². The van der Waals surface area contributed by atoms with Crippen molar-refractivity contribution >= 4 is 11.0 Å². The molecular formula is C27H38N2O2. The van der Waals surface area contributed by atoms with Crippen LogP contribution in [0.15, 0.2) is 48.5 Å². The second-order valence-electron chi connectivity index (χ2n) is 8.31. The van der Waals surface area contributed by atoms with E-state index in [4.69, 9.17) is 14.5 Å². The quantitative estimate of drug-likeness (QED) is 0.237. The summed E-state index contributed by atoms with van der Waals surface area (Å²) in [4.78, 5) is 4.84. The van der Waals surface area contributed by atoms with Gasteiger partial charge in [-0.3, -0.25) is 0 Å². The van der Waals surface area contributed by atoms with Gasteiger partial charge in [-0.15, -0.1) is 0 Å². The molecule has 2 aromatic carbocycles. The number of benzene rings is 2. The first kappa shape index (κ1) is 23.2. The third-order valence-electron chi connectivity index (χ3n) is 5.90. The van der Waals surface area contributed by atoms with Crippen LogP contribution >= 0.6 is 0 Å². The van der Waals surface area contributed by atoms with E-state index in [9.17, 15) is 0 Å². The zero-order chi connectivity index (χ0) is 21.7. The van der Waals surface area contributed by atoms with Gasteiger partial charge in [-0.05, 0) is 42.8 Å². The van der Waals surface area contributed by atoms with Crippen molar-refractivity contribution in [3.05, 3.63) is 54.4 Å². The monoisotopic (exact) mass is 422 g/mol. The van der Waals surface area contributed by atoms with Gasteiger partial charge in [0.25, 0.3) is 0 Å². The highest BCUT2D eigenvalue weighted by atomic mass is 16.5. The minimum absolute atomic E-state index is 0.471. The second kappa shape index (κ2) is 13.0. The molecule has 0 aliphatic rings. The molecule has 3 rings (SSSR count). The topological polar surface area (TPSA) is 36.3 Å². The van der Waals surface area contributed by atoms with E-state index in [1.165, 1.54) is 69.7 Å². The fraction of sp³-hybridized carbons (Fsp3) is 0.519. The second-order valence-corrected chi connectivity index (χ2v) is 8.31. The molecule has 0 radical (unpaired) electrons. The Labute approximate surface area is 187 Å². The van der Waals surface area contributed by atoms with E-state index in [1.807, 2.05) is 30.3 Å². The zero-order valence-electron chi connectivity index (χ0n) is 19.3. The highest BCUT2D eigenvalue weighted by Gasteiger charge is 2.11. The van der Waals surface area contributed by atoms with Crippen LogP contribution in [0.4, 0.5) is 0 Å². The van der Waals surface area contributed by atoms with Gasteiger partial charge < -0.3 is 14.0 Å². The van der Waals surface area contributed by atoms with E-state index in [2.05, 4.69) is 29.7 Å². The van der Waals surface area contributed by atoms with Crippen LogP contribution in [0.5, 0.6) is 11.5 Å². The molecule has 0 N–H and O–H groups in total. The summed E-state index contributed by atoms with van der Waals surface area (Å²) in [5.74, 6) is 2.66. The van der Waals surface area contributed by atoms with Crippen LogP contribution in [-0.2, 0) is 13.2 Å². The standard InChI is InChI=1S/C27H38N2O2/c1-3-4-5-6-7-8-9-10-11-14-21-29-26-16-13-12-15-25(26)28-27(29)22-31-24-19-17-23(30-2)18-20-24/h12-13,15-20H,3-11,14,21-22H2,1-2H3. The Hall–Kier alpha value is -2.49. The average Bonchev–Trinajstić information content (AvgIpc) is 3.16. The molecule has 0 aliphatic heterocycles. The van der Waals surface area contributed by atoms with Gasteiger partial charge in [0.05, 0.1) is 18.1 Å². The molecule has 0 unspecified atom stereocenters. The Morgan fingerprint density at radius 3 is 2.03 bits per heavy atom. The lowest BCUT2D eigenvalue weighted by atomic mass is 10.1. The van der Waals surface area contributed by atoms with Gasteiger partial charge >= 0.3 is 0 Å². The predicted molar refractivity (Wildman–Crippen MR) is 129 cm³/mol. The minimum Gasteiger partial charge on any atom is -0.497 e. The van der Waals surface area contributed by atoms with Crippen molar-refractivity contribution in [1.82, 2.24) is 9.55 Å². The third-order valence-corrected chi connectivity index (χ3v) is 5.90. The lowest BCUT2D eigenvalue weighted by Gasteiger charge is -2.11. The number of hydrogen-bond donors (Lipinski definition) is 0. The normalized spacial score (nSPS) is 11.2. The molecule has 0 aliphatic carbocycles. The minimum atomic E-state index is 0.471. The number of hydrogen-bond acceptors (Lipinski definition) is 3. The van der Waals surface area contributed by atoms with E-state index in [-0.39, 0.29) is 0 Å². The molecule has 1 aromatic heterocycles. The van der Waals surface area contributed by atoms with Crippen LogP contribution in [0.2, 0.25) is 0 Å². The van der Waals surface area contributed by atoms with Gasteiger partial charge in [-0.25, -0.2) is 4.98 Å². The first-order valence-corrected chi connectivity index (χ1v) is 12.0. The lowest BCUT2D eigenvalue weighted by Crippen LogP contribution is -2.07. The summed E-state index contributed by atoms with van der Waals surface area (Å²) in [6, 6.07) is 16.1. The number of methoxy groups -OCH3 is 1. The Morgan fingerprint density at radius 1 is 0.742 bits per heavy atom. The fourth-order valence-electron chi connectivity index (χ4n) is 4.06. The molecule has 4 heteroatoms. The molecule has 168 valence electrons. The van der Waals surface area contributed by atoms with Gasteiger partial charge in [0, 0.05) is 6.54 Å². The van der Waals surface area contributed by atoms with Crippen LogP contribution in [0.25, 0.3) is 11.0 Å². The molecule has 0 amide bonds. The SMILES string of the molecule is CCCCCCCCCCCCn1c(COc2ccc(OC)cc2)nc2ccccc21. The number of unbranched alkanes of at least 4 members (excludes halogenated alkanes) is 9. The van der Waals surface area contributed by atoms with Gasteiger partial charge in [0.15, 0.2) is 0 Å². The van der Waals surface area contributed by atoms with Crippen LogP contribution in [-0.4, -0.2) is 16.7 Å². The zero-order valence-corrected chi connectivity index (χ0v) is 19.3. The maximum Gasteiger partial charge on any atom is 0.147 e. The summed E-state index contributed by atoms with van der Waals surface area (Å²) < 4.78 is 13.6. The van der Waals surface area contributed by atoms with Crippen LogP contribution < -0.4 is 9.47 Å². The molecule has 31 heavy (non-hydrogen) atoms.